The van der Waals surface area contributed by atoms with Crippen molar-refractivity contribution in [1.29, 1.82) is 0 Å². The topological polar surface area (TPSA) is 32.3 Å². The maximum Gasteiger partial charge on any atom is 0.0582 e. The summed E-state index contributed by atoms with van der Waals surface area (Å²) >= 11 is 0. The van der Waals surface area contributed by atoms with Crippen molar-refractivity contribution in [2.45, 2.75) is 51.1 Å². The van der Waals surface area contributed by atoms with E-state index in [0.29, 0.717) is 0 Å². The molecule has 0 aromatic rings. The first-order valence-corrected chi connectivity index (χ1v) is 6.66. The Bertz CT molecular complexity index is 243. The molecule has 86 valence electrons. The molecule has 0 amide bonds. The van der Waals surface area contributed by atoms with Crippen LogP contribution in [0.5, 0.6) is 0 Å². The first-order valence-electron chi connectivity index (χ1n) is 6.66. The van der Waals surface area contributed by atoms with Gasteiger partial charge in [0.2, 0.25) is 0 Å². The molecule has 2 heteroatoms. The summed E-state index contributed by atoms with van der Waals surface area (Å²) in [6.07, 6.45) is 7.33. The van der Waals surface area contributed by atoms with Gasteiger partial charge in [-0.1, -0.05) is 6.42 Å². The molecule has 6 atom stereocenters. The second kappa shape index (κ2) is 3.74. The lowest BCUT2D eigenvalue weighted by Crippen LogP contribution is -2.44. The lowest BCUT2D eigenvalue weighted by Gasteiger charge is -2.33. The van der Waals surface area contributed by atoms with E-state index < -0.39 is 0 Å². The van der Waals surface area contributed by atoms with E-state index >= 15 is 0 Å². The van der Waals surface area contributed by atoms with E-state index in [4.69, 9.17) is 5.11 Å². The number of hydrogen-bond donors (Lipinski definition) is 2. The molecule has 0 aromatic carbocycles. The molecule has 0 radical (unpaired) electrons. The highest BCUT2D eigenvalue weighted by atomic mass is 16.3. The van der Waals surface area contributed by atoms with Crippen molar-refractivity contribution < 1.29 is 5.11 Å². The third kappa shape index (κ3) is 1.53. The van der Waals surface area contributed by atoms with Crippen LogP contribution < -0.4 is 5.32 Å². The maximum absolute atomic E-state index is 9.09. The largest absolute Gasteiger partial charge is 0.395 e. The Balaban J connectivity index is 1.65. The summed E-state index contributed by atoms with van der Waals surface area (Å²) < 4.78 is 0. The molecule has 0 aliphatic heterocycles. The number of hydrogen-bond acceptors (Lipinski definition) is 2. The van der Waals surface area contributed by atoms with E-state index in [2.05, 4.69) is 12.2 Å². The van der Waals surface area contributed by atoms with E-state index in [1.807, 2.05) is 0 Å². The van der Waals surface area contributed by atoms with Gasteiger partial charge in [-0.25, -0.2) is 0 Å². The van der Waals surface area contributed by atoms with Gasteiger partial charge in [0.25, 0.3) is 0 Å². The monoisotopic (exact) mass is 209 g/mol. The second-order valence-electron chi connectivity index (χ2n) is 6.01. The Morgan fingerprint density at radius 2 is 2.00 bits per heavy atom. The van der Waals surface area contributed by atoms with Gasteiger partial charge in [0.15, 0.2) is 0 Å². The van der Waals surface area contributed by atoms with Crippen LogP contribution in [0.2, 0.25) is 0 Å². The molecule has 3 aliphatic rings. The molecule has 2 nitrogen and oxygen atoms in total. The standard InChI is InChI=1S/C13H23NO/c1-8(7-15)14-13-6-9-5-12(13)11-4-2-3-10(9)11/h8-15H,2-7H2,1H3/t8-,9-,10-,11-,12+,13-/m1/s1. The third-order valence-electron chi connectivity index (χ3n) is 5.20. The van der Waals surface area contributed by atoms with Gasteiger partial charge in [0.1, 0.15) is 0 Å². The van der Waals surface area contributed by atoms with Crippen molar-refractivity contribution in [2.24, 2.45) is 23.7 Å². The summed E-state index contributed by atoms with van der Waals surface area (Å²) in [7, 11) is 0. The van der Waals surface area contributed by atoms with Crippen LogP contribution in [0.4, 0.5) is 0 Å². The minimum Gasteiger partial charge on any atom is -0.395 e. The maximum atomic E-state index is 9.09. The Morgan fingerprint density at radius 1 is 1.20 bits per heavy atom. The number of aliphatic hydroxyl groups excluding tert-OH is 1. The molecule has 2 N–H and O–H groups in total. The quantitative estimate of drug-likeness (QED) is 0.742. The van der Waals surface area contributed by atoms with Gasteiger partial charge >= 0.3 is 0 Å². The Labute approximate surface area is 92.4 Å². The van der Waals surface area contributed by atoms with Gasteiger partial charge in [0.05, 0.1) is 6.61 Å². The van der Waals surface area contributed by atoms with Crippen LogP contribution >= 0.6 is 0 Å². The first-order chi connectivity index (χ1) is 7.29. The third-order valence-corrected chi connectivity index (χ3v) is 5.20. The smallest absolute Gasteiger partial charge is 0.0582 e. The molecule has 3 aliphatic carbocycles. The van der Waals surface area contributed by atoms with Crippen LogP contribution in [0.3, 0.4) is 0 Å². The predicted octanol–water partition coefficient (Wildman–Crippen LogP) is 1.78. The zero-order chi connectivity index (χ0) is 10.4. The summed E-state index contributed by atoms with van der Waals surface area (Å²) in [5.41, 5.74) is 0. The highest BCUT2D eigenvalue weighted by molar-refractivity contribution is 5.05. The average molecular weight is 209 g/mol. The lowest BCUT2D eigenvalue weighted by atomic mass is 9.79. The van der Waals surface area contributed by atoms with Crippen molar-refractivity contribution in [1.82, 2.24) is 5.32 Å². The molecule has 0 aromatic heterocycles. The highest BCUT2D eigenvalue weighted by Gasteiger charge is 2.53. The minimum atomic E-state index is 0.280. The molecule has 2 bridgehead atoms. The molecule has 0 unspecified atom stereocenters. The second-order valence-corrected chi connectivity index (χ2v) is 6.01. The van der Waals surface area contributed by atoms with Crippen LogP contribution in [0.25, 0.3) is 0 Å². The van der Waals surface area contributed by atoms with Crippen molar-refractivity contribution in [3.8, 4) is 0 Å². The molecule has 3 rings (SSSR count). The van der Waals surface area contributed by atoms with E-state index in [9.17, 15) is 0 Å². The van der Waals surface area contributed by atoms with Crippen molar-refractivity contribution in [3.05, 3.63) is 0 Å². The van der Waals surface area contributed by atoms with Gasteiger partial charge in [-0.3, -0.25) is 0 Å². The molecule has 0 heterocycles. The van der Waals surface area contributed by atoms with Crippen LogP contribution in [-0.4, -0.2) is 23.8 Å². The van der Waals surface area contributed by atoms with Crippen molar-refractivity contribution in [3.63, 3.8) is 0 Å². The van der Waals surface area contributed by atoms with E-state index in [0.717, 1.165) is 29.7 Å². The molecule has 15 heavy (non-hydrogen) atoms. The van der Waals surface area contributed by atoms with Crippen LogP contribution in [-0.2, 0) is 0 Å². The lowest BCUT2D eigenvalue weighted by molar-refractivity contribution is 0.176. The average Bonchev–Trinajstić information content (AvgIpc) is 2.87. The van der Waals surface area contributed by atoms with Gasteiger partial charge in [-0.2, -0.15) is 0 Å². The van der Waals surface area contributed by atoms with Crippen LogP contribution in [0.15, 0.2) is 0 Å². The number of nitrogens with one attached hydrogen (secondary N) is 1. The number of rotatable bonds is 3. The summed E-state index contributed by atoms with van der Waals surface area (Å²) in [5, 5.41) is 12.7. The van der Waals surface area contributed by atoms with Crippen LogP contribution in [0, 0.1) is 23.7 Å². The highest BCUT2D eigenvalue weighted by Crippen LogP contribution is 2.58. The van der Waals surface area contributed by atoms with E-state index in [-0.39, 0.29) is 12.6 Å². The number of fused-ring (bicyclic) bond motifs is 5. The van der Waals surface area contributed by atoms with Crippen molar-refractivity contribution in [2.75, 3.05) is 6.61 Å². The van der Waals surface area contributed by atoms with E-state index in [1.54, 1.807) is 0 Å². The zero-order valence-corrected chi connectivity index (χ0v) is 9.65. The predicted molar refractivity (Wildman–Crippen MR) is 60.5 cm³/mol. The molecule has 3 fully saturated rings. The van der Waals surface area contributed by atoms with Gasteiger partial charge < -0.3 is 10.4 Å². The fraction of sp³-hybridized carbons (Fsp3) is 1.00. The summed E-state index contributed by atoms with van der Waals surface area (Å²) in [5.74, 6) is 4.08. The fourth-order valence-corrected chi connectivity index (χ4v) is 4.68. The normalized spacial score (nSPS) is 49.6. The van der Waals surface area contributed by atoms with Gasteiger partial charge in [-0.05, 0) is 56.3 Å². The van der Waals surface area contributed by atoms with Crippen LogP contribution in [0.1, 0.15) is 39.0 Å². The fourth-order valence-electron chi connectivity index (χ4n) is 4.68. The Morgan fingerprint density at radius 3 is 2.80 bits per heavy atom. The molecular formula is C13H23NO. The molecule has 3 saturated carbocycles. The Kier molecular flexibility index (Phi) is 2.52. The summed E-state index contributed by atoms with van der Waals surface area (Å²) in [6.45, 7) is 2.38. The SMILES string of the molecule is C[C@H](CO)N[C@@H]1C[C@H]2C[C@H]1[C@@H]1CCC[C@H]21. The van der Waals surface area contributed by atoms with Gasteiger partial charge in [0, 0.05) is 12.1 Å². The minimum absolute atomic E-state index is 0.280. The summed E-state index contributed by atoms with van der Waals surface area (Å²) in [4.78, 5) is 0. The number of aliphatic hydroxyl groups is 1. The molecule has 0 spiro atoms. The van der Waals surface area contributed by atoms with Crippen molar-refractivity contribution >= 4 is 0 Å². The van der Waals surface area contributed by atoms with E-state index in [1.165, 1.54) is 32.1 Å². The molecular weight excluding hydrogens is 186 g/mol. The molecule has 0 saturated heterocycles. The Hall–Kier alpha value is -0.0800. The summed E-state index contributed by atoms with van der Waals surface area (Å²) in [6, 6.07) is 1.01. The van der Waals surface area contributed by atoms with Gasteiger partial charge in [-0.15, -0.1) is 0 Å². The first kappa shape index (κ1) is 10.1. The zero-order valence-electron chi connectivity index (χ0n) is 9.65.